The van der Waals surface area contributed by atoms with E-state index >= 15 is 0 Å². The SMILES string of the molecule is COC(=O)c1cnc(N2CCCOC(C)C2)cn1. The van der Waals surface area contributed by atoms with Crippen molar-refractivity contribution in [3.05, 3.63) is 18.1 Å². The maximum absolute atomic E-state index is 11.2. The minimum absolute atomic E-state index is 0.176. The van der Waals surface area contributed by atoms with Crippen LogP contribution in [0.5, 0.6) is 0 Å². The summed E-state index contributed by atoms with van der Waals surface area (Å²) in [5, 5.41) is 0. The summed E-state index contributed by atoms with van der Waals surface area (Å²) in [5.74, 6) is 0.293. The standard InChI is InChI=1S/C12H17N3O3/c1-9-8-15(4-3-5-18-9)11-7-13-10(6-14-11)12(16)17-2/h6-7,9H,3-5,8H2,1-2H3. The van der Waals surface area contributed by atoms with Crippen molar-refractivity contribution in [3.63, 3.8) is 0 Å². The Bertz CT molecular complexity index is 408. The molecule has 1 unspecified atom stereocenters. The molecule has 98 valence electrons. The molecule has 1 aromatic rings. The number of hydrogen-bond acceptors (Lipinski definition) is 6. The van der Waals surface area contributed by atoms with E-state index in [1.54, 1.807) is 6.20 Å². The topological polar surface area (TPSA) is 64.5 Å². The van der Waals surface area contributed by atoms with E-state index in [0.29, 0.717) is 0 Å². The Kier molecular flexibility index (Phi) is 4.09. The average molecular weight is 251 g/mol. The van der Waals surface area contributed by atoms with Crippen molar-refractivity contribution in [3.8, 4) is 0 Å². The molecule has 2 rings (SSSR count). The van der Waals surface area contributed by atoms with Crippen molar-refractivity contribution in [2.24, 2.45) is 0 Å². The van der Waals surface area contributed by atoms with Gasteiger partial charge in [0, 0.05) is 19.7 Å². The Labute approximate surface area is 106 Å². The zero-order valence-electron chi connectivity index (χ0n) is 10.6. The molecule has 18 heavy (non-hydrogen) atoms. The fraction of sp³-hybridized carbons (Fsp3) is 0.583. The second-order valence-corrected chi connectivity index (χ2v) is 4.23. The zero-order valence-corrected chi connectivity index (χ0v) is 10.6. The van der Waals surface area contributed by atoms with Crippen LogP contribution >= 0.6 is 0 Å². The van der Waals surface area contributed by atoms with E-state index in [1.165, 1.54) is 13.3 Å². The molecule has 1 aliphatic rings. The Morgan fingerprint density at radius 2 is 2.33 bits per heavy atom. The number of esters is 1. The third kappa shape index (κ3) is 2.95. The summed E-state index contributed by atoms with van der Waals surface area (Å²) >= 11 is 0. The molecule has 1 saturated heterocycles. The molecule has 1 atom stereocenters. The number of carbonyl (C=O) groups is 1. The van der Waals surface area contributed by atoms with Gasteiger partial charge in [0.05, 0.1) is 25.6 Å². The molecular weight excluding hydrogens is 234 g/mol. The lowest BCUT2D eigenvalue weighted by Crippen LogP contribution is -2.31. The molecule has 0 saturated carbocycles. The highest BCUT2D eigenvalue weighted by atomic mass is 16.5. The molecule has 0 bridgehead atoms. The van der Waals surface area contributed by atoms with Gasteiger partial charge in [-0.3, -0.25) is 0 Å². The highest BCUT2D eigenvalue weighted by molar-refractivity contribution is 5.86. The van der Waals surface area contributed by atoms with Crippen LogP contribution in [-0.2, 0) is 9.47 Å². The Morgan fingerprint density at radius 3 is 3.00 bits per heavy atom. The van der Waals surface area contributed by atoms with Gasteiger partial charge >= 0.3 is 5.97 Å². The smallest absolute Gasteiger partial charge is 0.358 e. The lowest BCUT2D eigenvalue weighted by molar-refractivity contribution is 0.0593. The number of rotatable bonds is 2. The molecule has 0 aliphatic carbocycles. The van der Waals surface area contributed by atoms with Crippen LogP contribution in [0.3, 0.4) is 0 Å². The summed E-state index contributed by atoms with van der Waals surface area (Å²) in [6.07, 6.45) is 4.18. The van der Waals surface area contributed by atoms with Crippen LogP contribution in [0.2, 0.25) is 0 Å². The van der Waals surface area contributed by atoms with Gasteiger partial charge < -0.3 is 14.4 Å². The number of ether oxygens (including phenoxy) is 2. The molecule has 0 amide bonds. The second-order valence-electron chi connectivity index (χ2n) is 4.23. The molecule has 0 radical (unpaired) electrons. The van der Waals surface area contributed by atoms with Crippen molar-refractivity contribution in [2.45, 2.75) is 19.4 Å². The molecule has 0 spiro atoms. The van der Waals surface area contributed by atoms with Gasteiger partial charge in [0.15, 0.2) is 5.69 Å². The van der Waals surface area contributed by atoms with Crippen LogP contribution in [0.4, 0.5) is 5.82 Å². The number of aromatic nitrogens is 2. The third-order valence-corrected chi connectivity index (χ3v) is 2.81. The van der Waals surface area contributed by atoms with E-state index in [2.05, 4.69) is 19.6 Å². The fourth-order valence-corrected chi connectivity index (χ4v) is 1.90. The highest BCUT2D eigenvalue weighted by Crippen LogP contribution is 2.14. The predicted molar refractivity (Wildman–Crippen MR) is 65.6 cm³/mol. The summed E-state index contributed by atoms with van der Waals surface area (Å²) in [6.45, 7) is 4.47. The Morgan fingerprint density at radius 1 is 1.50 bits per heavy atom. The first-order chi connectivity index (χ1) is 8.70. The summed E-state index contributed by atoms with van der Waals surface area (Å²) in [7, 11) is 1.33. The molecule has 1 aromatic heterocycles. The summed E-state index contributed by atoms with van der Waals surface area (Å²) in [5.41, 5.74) is 0.223. The van der Waals surface area contributed by atoms with E-state index in [4.69, 9.17) is 4.74 Å². The maximum Gasteiger partial charge on any atom is 0.358 e. The molecule has 2 heterocycles. The van der Waals surface area contributed by atoms with Crippen LogP contribution in [0.25, 0.3) is 0 Å². The summed E-state index contributed by atoms with van der Waals surface area (Å²) in [4.78, 5) is 21.7. The first-order valence-electron chi connectivity index (χ1n) is 5.97. The normalized spacial score (nSPS) is 20.3. The van der Waals surface area contributed by atoms with Crippen LogP contribution < -0.4 is 4.90 Å². The van der Waals surface area contributed by atoms with E-state index < -0.39 is 5.97 Å². The molecule has 0 aromatic carbocycles. The van der Waals surface area contributed by atoms with E-state index in [0.717, 1.165) is 31.9 Å². The van der Waals surface area contributed by atoms with Gasteiger partial charge in [0.2, 0.25) is 0 Å². The van der Waals surface area contributed by atoms with Crippen molar-refractivity contribution in [2.75, 3.05) is 31.7 Å². The van der Waals surface area contributed by atoms with Gasteiger partial charge in [-0.1, -0.05) is 0 Å². The fourth-order valence-electron chi connectivity index (χ4n) is 1.90. The molecule has 1 fully saturated rings. The minimum Gasteiger partial charge on any atom is -0.464 e. The van der Waals surface area contributed by atoms with Crippen molar-refractivity contribution in [1.29, 1.82) is 0 Å². The second kappa shape index (κ2) is 5.77. The van der Waals surface area contributed by atoms with Gasteiger partial charge in [0.1, 0.15) is 5.82 Å². The van der Waals surface area contributed by atoms with Crippen molar-refractivity contribution < 1.29 is 14.3 Å². The Hall–Kier alpha value is -1.69. The average Bonchev–Trinajstić information content (AvgIpc) is 2.63. The monoisotopic (exact) mass is 251 g/mol. The largest absolute Gasteiger partial charge is 0.464 e. The lowest BCUT2D eigenvalue weighted by atomic mass is 10.3. The molecule has 0 N–H and O–H groups in total. The van der Waals surface area contributed by atoms with Crippen molar-refractivity contribution in [1.82, 2.24) is 9.97 Å². The third-order valence-electron chi connectivity index (χ3n) is 2.81. The van der Waals surface area contributed by atoms with Crippen molar-refractivity contribution >= 4 is 11.8 Å². The van der Waals surface area contributed by atoms with E-state index in [-0.39, 0.29) is 11.8 Å². The summed E-state index contributed by atoms with van der Waals surface area (Å²) < 4.78 is 10.2. The number of anilines is 1. The number of hydrogen-bond donors (Lipinski definition) is 0. The van der Waals surface area contributed by atoms with Crippen LogP contribution in [-0.4, -0.2) is 48.8 Å². The van der Waals surface area contributed by atoms with E-state index in [1.807, 2.05) is 6.92 Å². The van der Waals surface area contributed by atoms with Gasteiger partial charge in [-0.05, 0) is 13.3 Å². The maximum atomic E-state index is 11.2. The zero-order chi connectivity index (χ0) is 13.0. The summed E-state index contributed by atoms with van der Waals surface area (Å²) in [6, 6.07) is 0. The Balaban J connectivity index is 2.10. The van der Waals surface area contributed by atoms with Crippen LogP contribution in [0.1, 0.15) is 23.8 Å². The number of methoxy groups -OCH3 is 1. The first kappa shape index (κ1) is 12.8. The minimum atomic E-state index is -0.471. The van der Waals surface area contributed by atoms with E-state index in [9.17, 15) is 4.79 Å². The molecule has 6 heteroatoms. The van der Waals surface area contributed by atoms with Gasteiger partial charge in [-0.15, -0.1) is 0 Å². The lowest BCUT2D eigenvalue weighted by Gasteiger charge is -2.22. The van der Waals surface area contributed by atoms with Gasteiger partial charge in [-0.2, -0.15) is 0 Å². The molecule has 1 aliphatic heterocycles. The molecular formula is C12H17N3O3. The highest BCUT2D eigenvalue weighted by Gasteiger charge is 2.17. The van der Waals surface area contributed by atoms with Gasteiger partial charge in [-0.25, -0.2) is 14.8 Å². The molecule has 6 nitrogen and oxygen atoms in total. The first-order valence-corrected chi connectivity index (χ1v) is 5.97. The number of carbonyl (C=O) groups excluding carboxylic acids is 1. The quantitative estimate of drug-likeness (QED) is 0.727. The van der Waals surface area contributed by atoms with Crippen LogP contribution in [0.15, 0.2) is 12.4 Å². The number of nitrogens with zero attached hydrogens (tertiary/aromatic N) is 3. The van der Waals surface area contributed by atoms with Crippen LogP contribution in [0, 0.1) is 0 Å². The van der Waals surface area contributed by atoms with Gasteiger partial charge in [0.25, 0.3) is 0 Å². The predicted octanol–water partition coefficient (Wildman–Crippen LogP) is 0.878.